The predicted octanol–water partition coefficient (Wildman–Crippen LogP) is 1.84. The van der Waals surface area contributed by atoms with Crippen LogP contribution in [0.4, 0.5) is 0 Å². The molecule has 25 heavy (non-hydrogen) atoms. The Labute approximate surface area is 148 Å². The summed E-state index contributed by atoms with van der Waals surface area (Å²) in [6, 6.07) is 6.22. The van der Waals surface area contributed by atoms with E-state index in [1.54, 1.807) is 0 Å². The molecule has 0 N–H and O–H groups in total. The Kier molecular flexibility index (Phi) is 4.81. The van der Waals surface area contributed by atoms with Gasteiger partial charge in [-0.25, -0.2) is 0 Å². The lowest BCUT2D eigenvalue weighted by Gasteiger charge is -2.33. The highest BCUT2D eigenvalue weighted by Crippen LogP contribution is 2.38. The zero-order valence-electron chi connectivity index (χ0n) is 14.8. The summed E-state index contributed by atoms with van der Waals surface area (Å²) in [4.78, 5) is 17.1. The van der Waals surface area contributed by atoms with Crippen LogP contribution in [-0.4, -0.2) is 67.8 Å². The predicted molar refractivity (Wildman–Crippen MR) is 93.0 cm³/mol. The van der Waals surface area contributed by atoms with Crippen LogP contribution < -0.4 is 9.47 Å². The highest BCUT2D eigenvalue weighted by Gasteiger charge is 2.32. The number of hydrogen-bond donors (Lipinski definition) is 0. The van der Waals surface area contributed by atoms with Crippen LogP contribution in [0.5, 0.6) is 11.5 Å². The third-order valence-electron chi connectivity index (χ3n) is 5.21. The summed E-state index contributed by atoms with van der Waals surface area (Å²) in [5, 5.41) is 0. The van der Waals surface area contributed by atoms with E-state index in [-0.39, 0.29) is 18.1 Å². The summed E-state index contributed by atoms with van der Waals surface area (Å²) in [6.45, 7) is 6.92. The Morgan fingerprint density at radius 1 is 1.16 bits per heavy atom. The first-order valence-corrected chi connectivity index (χ1v) is 9.23. The smallest absolute Gasteiger partial charge is 0.237 e. The van der Waals surface area contributed by atoms with Crippen molar-refractivity contribution in [2.24, 2.45) is 0 Å². The van der Waals surface area contributed by atoms with Gasteiger partial charge in [0.15, 0.2) is 11.5 Å². The highest BCUT2D eigenvalue weighted by atomic mass is 16.6. The molecule has 0 aromatic heterocycles. The molecule has 0 aliphatic carbocycles. The van der Waals surface area contributed by atoms with Crippen molar-refractivity contribution in [1.82, 2.24) is 9.80 Å². The second kappa shape index (κ2) is 7.22. The number of amides is 1. The van der Waals surface area contributed by atoms with Crippen LogP contribution in [0, 0.1) is 0 Å². The molecule has 136 valence electrons. The van der Waals surface area contributed by atoms with Crippen LogP contribution in [0.25, 0.3) is 0 Å². The number of likely N-dealkylation sites (tertiary alicyclic amines) is 1. The van der Waals surface area contributed by atoms with Crippen molar-refractivity contribution in [3.8, 4) is 11.5 Å². The molecule has 6 nitrogen and oxygen atoms in total. The van der Waals surface area contributed by atoms with Gasteiger partial charge in [0.1, 0.15) is 13.2 Å². The number of carbonyl (C=O) groups is 1. The van der Waals surface area contributed by atoms with Gasteiger partial charge in [0, 0.05) is 19.6 Å². The first-order chi connectivity index (χ1) is 12.2. The molecule has 1 aromatic rings. The van der Waals surface area contributed by atoms with E-state index >= 15 is 0 Å². The van der Waals surface area contributed by atoms with Crippen LogP contribution in [0.3, 0.4) is 0 Å². The molecule has 0 radical (unpaired) electrons. The van der Waals surface area contributed by atoms with Gasteiger partial charge in [-0.15, -0.1) is 0 Å². The van der Waals surface area contributed by atoms with Gasteiger partial charge in [-0.3, -0.25) is 9.69 Å². The van der Waals surface area contributed by atoms with Crippen LogP contribution in [0.15, 0.2) is 18.2 Å². The van der Waals surface area contributed by atoms with Gasteiger partial charge in [0.2, 0.25) is 5.91 Å². The van der Waals surface area contributed by atoms with E-state index in [2.05, 4.69) is 17.9 Å². The minimum atomic E-state index is 0.141. The molecule has 2 fully saturated rings. The lowest BCUT2D eigenvalue weighted by atomic mass is 10.0. The van der Waals surface area contributed by atoms with Gasteiger partial charge in [-0.2, -0.15) is 0 Å². The van der Waals surface area contributed by atoms with Gasteiger partial charge >= 0.3 is 0 Å². The van der Waals surface area contributed by atoms with Crippen molar-refractivity contribution < 1.29 is 19.0 Å². The Hall–Kier alpha value is -1.79. The molecular formula is C19H26N2O4. The van der Waals surface area contributed by atoms with E-state index in [4.69, 9.17) is 14.2 Å². The molecule has 3 heterocycles. The number of hydrogen-bond acceptors (Lipinski definition) is 5. The maximum absolute atomic E-state index is 12.9. The topological polar surface area (TPSA) is 51.2 Å². The van der Waals surface area contributed by atoms with Gasteiger partial charge in [0.25, 0.3) is 0 Å². The molecule has 0 unspecified atom stereocenters. The number of morpholine rings is 1. The van der Waals surface area contributed by atoms with E-state index in [1.165, 1.54) is 0 Å². The molecule has 6 heteroatoms. The van der Waals surface area contributed by atoms with Crippen LogP contribution in [0.1, 0.15) is 31.4 Å². The first-order valence-electron chi connectivity index (χ1n) is 9.23. The fourth-order valence-corrected chi connectivity index (χ4v) is 4.00. The molecular weight excluding hydrogens is 320 g/mol. The molecule has 0 saturated carbocycles. The minimum Gasteiger partial charge on any atom is -0.486 e. The van der Waals surface area contributed by atoms with Crippen LogP contribution in [-0.2, 0) is 9.53 Å². The quantitative estimate of drug-likeness (QED) is 0.836. The first kappa shape index (κ1) is 16.7. The van der Waals surface area contributed by atoms with Crippen LogP contribution in [0.2, 0.25) is 0 Å². The Morgan fingerprint density at radius 2 is 2.00 bits per heavy atom. The van der Waals surface area contributed by atoms with E-state index in [9.17, 15) is 4.79 Å². The zero-order chi connectivity index (χ0) is 17.2. The summed E-state index contributed by atoms with van der Waals surface area (Å²) in [5.41, 5.74) is 1.14. The fourth-order valence-electron chi connectivity index (χ4n) is 4.00. The summed E-state index contributed by atoms with van der Waals surface area (Å²) in [6.07, 6.45) is 2.25. The van der Waals surface area contributed by atoms with E-state index < -0.39 is 0 Å². The third-order valence-corrected chi connectivity index (χ3v) is 5.21. The van der Waals surface area contributed by atoms with Gasteiger partial charge in [-0.05, 0) is 37.5 Å². The van der Waals surface area contributed by atoms with Gasteiger partial charge < -0.3 is 19.1 Å². The van der Waals surface area contributed by atoms with Gasteiger partial charge in [-0.1, -0.05) is 6.07 Å². The average Bonchev–Trinajstić information content (AvgIpc) is 3.11. The second-order valence-corrected chi connectivity index (χ2v) is 7.06. The summed E-state index contributed by atoms with van der Waals surface area (Å²) in [7, 11) is 0. The van der Waals surface area contributed by atoms with Gasteiger partial charge in [0.05, 0.1) is 25.3 Å². The summed E-state index contributed by atoms with van der Waals surface area (Å²) in [5.74, 6) is 1.81. The molecule has 3 aliphatic heterocycles. The molecule has 1 amide bonds. The minimum absolute atomic E-state index is 0.141. The van der Waals surface area contributed by atoms with Crippen molar-refractivity contribution >= 4 is 5.91 Å². The highest BCUT2D eigenvalue weighted by molar-refractivity contribution is 5.79. The van der Waals surface area contributed by atoms with E-state index in [1.807, 2.05) is 17.0 Å². The third kappa shape index (κ3) is 3.60. The zero-order valence-corrected chi connectivity index (χ0v) is 14.8. The number of benzene rings is 1. The van der Waals surface area contributed by atoms with Crippen molar-refractivity contribution in [3.63, 3.8) is 0 Å². The number of ether oxygens (including phenoxy) is 3. The van der Waals surface area contributed by atoms with Crippen molar-refractivity contribution in [1.29, 1.82) is 0 Å². The molecule has 2 saturated heterocycles. The summed E-state index contributed by atoms with van der Waals surface area (Å²) >= 11 is 0. The van der Waals surface area contributed by atoms with Crippen molar-refractivity contribution in [2.45, 2.75) is 31.9 Å². The van der Waals surface area contributed by atoms with Crippen LogP contribution >= 0.6 is 0 Å². The molecule has 0 bridgehead atoms. The monoisotopic (exact) mass is 346 g/mol. The Bertz CT molecular complexity index is 636. The molecule has 4 rings (SSSR count). The van der Waals surface area contributed by atoms with Crippen molar-refractivity contribution in [3.05, 3.63) is 23.8 Å². The molecule has 2 atom stereocenters. The second-order valence-electron chi connectivity index (χ2n) is 7.06. The van der Waals surface area contributed by atoms with E-state index in [0.29, 0.717) is 26.4 Å². The SMILES string of the molecule is C[C@H]1CN(CC(=O)N2CCC[C@@H]2c2ccc3c(c2)OCCO3)CCO1. The van der Waals surface area contributed by atoms with E-state index in [0.717, 1.165) is 49.5 Å². The Balaban J connectivity index is 1.45. The Morgan fingerprint density at radius 3 is 2.84 bits per heavy atom. The number of nitrogens with zero attached hydrogens (tertiary/aromatic N) is 2. The lowest BCUT2D eigenvalue weighted by Crippen LogP contribution is -2.47. The number of rotatable bonds is 3. The number of fused-ring (bicyclic) bond motifs is 1. The largest absolute Gasteiger partial charge is 0.486 e. The lowest BCUT2D eigenvalue weighted by molar-refractivity contribution is -0.135. The maximum Gasteiger partial charge on any atom is 0.237 e. The summed E-state index contributed by atoms with van der Waals surface area (Å²) < 4.78 is 16.9. The standard InChI is InChI=1S/C19H26N2O4/c1-14-12-20(7-8-23-14)13-19(22)21-6-2-3-16(21)15-4-5-17-18(11-15)25-10-9-24-17/h4-5,11,14,16H,2-3,6-10,12-13H2,1H3/t14-,16+/m0/s1. The normalized spacial score (nSPS) is 26.7. The average molecular weight is 346 g/mol. The molecule has 1 aromatic carbocycles. The maximum atomic E-state index is 12.9. The molecule has 3 aliphatic rings. The molecule has 0 spiro atoms. The number of carbonyl (C=O) groups excluding carboxylic acids is 1. The van der Waals surface area contributed by atoms with Crippen molar-refractivity contribution in [2.75, 3.05) is 46.0 Å². The fraction of sp³-hybridized carbons (Fsp3) is 0.632.